The molecule has 0 aromatic heterocycles. The fourth-order valence-electron chi connectivity index (χ4n) is 1.15. The van der Waals surface area contributed by atoms with Crippen LogP contribution in [0.3, 0.4) is 0 Å². The minimum atomic E-state index is -1.04. The summed E-state index contributed by atoms with van der Waals surface area (Å²) in [5.41, 5.74) is -0.0414. The smallest absolute Gasteiger partial charge is 0.129 e. The van der Waals surface area contributed by atoms with Crippen molar-refractivity contribution in [3.05, 3.63) is 35.4 Å². The van der Waals surface area contributed by atoms with E-state index >= 15 is 0 Å². The van der Waals surface area contributed by atoms with E-state index in [0.717, 1.165) is 18.2 Å². The maximum atomic E-state index is 13.1. The number of hydrogen-bond acceptors (Lipinski definition) is 1. The molecule has 0 saturated carbocycles. The van der Waals surface area contributed by atoms with E-state index in [0.29, 0.717) is 6.42 Å². The molecule has 0 heterocycles. The van der Waals surface area contributed by atoms with Crippen LogP contribution in [-0.4, -0.2) is 5.11 Å². The molecular weight excluding hydrogens is 186 g/mol. The van der Waals surface area contributed by atoms with Crippen molar-refractivity contribution in [3.8, 4) is 12.3 Å². The Morgan fingerprint density at radius 3 is 2.79 bits per heavy atom. The van der Waals surface area contributed by atoms with E-state index in [4.69, 9.17) is 6.42 Å². The molecule has 1 aromatic rings. The quantitative estimate of drug-likeness (QED) is 0.736. The summed E-state index contributed by atoms with van der Waals surface area (Å²) in [5, 5.41) is 9.45. The molecule has 1 rings (SSSR count). The molecule has 0 bridgehead atoms. The Morgan fingerprint density at radius 1 is 1.43 bits per heavy atom. The molecule has 1 nitrogen and oxygen atoms in total. The molecule has 0 aliphatic heterocycles. The summed E-state index contributed by atoms with van der Waals surface area (Å²) in [4.78, 5) is 0. The van der Waals surface area contributed by atoms with Gasteiger partial charge in [-0.15, -0.1) is 12.3 Å². The highest BCUT2D eigenvalue weighted by atomic mass is 19.1. The van der Waals surface area contributed by atoms with Crippen LogP contribution in [0.25, 0.3) is 0 Å². The van der Waals surface area contributed by atoms with Crippen molar-refractivity contribution >= 4 is 0 Å². The summed E-state index contributed by atoms with van der Waals surface area (Å²) < 4.78 is 25.8. The number of aliphatic hydroxyl groups is 1. The highest BCUT2D eigenvalue weighted by Crippen LogP contribution is 2.21. The second kappa shape index (κ2) is 4.73. The van der Waals surface area contributed by atoms with Crippen LogP contribution in [0.5, 0.6) is 0 Å². The third-order valence-electron chi connectivity index (χ3n) is 1.88. The standard InChI is InChI=1S/C11H10F2O/c1-2-3-4-11(14)9-7-8(12)5-6-10(9)13/h1,5-7,11,14H,3-4H2/t11-/m0/s1. The van der Waals surface area contributed by atoms with Crippen molar-refractivity contribution in [2.45, 2.75) is 18.9 Å². The van der Waals surface area contributed by atoms with Gasteiger partial charge in [0.25, 0.3) is 0 Å². The topological polar surface area (TPSA) is 20.2 Å². The lowest BCUT2D eigenvalue weighted by Crippen LogP contribution is -2.01. The number of rotatable bonds is 3. The van der Waals surface area contributed by atoms with E-state index in [1.807, 2.05) is 0 Å². The first kappa shape index (κ1) is 10.7. The lowest BCUT2D eigenvalue weighted by atomic mass is 10.0. The lowest BCUT2D eigenvalue weighted by molar-refractivity contribution is 0.164. The van der Waals surface area contributed by atoms with Crippen molar-refractivity contribution in [1.29, 1.82) is 0 Å². The Labute approximate surface area is 81.4 Å². The van der Waals surface area contributed by atoms with Gasteiger partial charge in [0.1, 0.15) is 11.6 Å². The Bertz CT molecular complexity index is 355. The summed E-state index contributed by atoms with van der Waals surface area (Å²) >= 11 is 0. The van der Waals surface area contributed by atoms with Crippen LogP contribution in [-0.2, 0) is 0 Å². The predicted octanol–water partition coefficient (Wildman–Crippen LogP) is 2.41. The zero-order valence-electron chi connectivity index (χ0n) is 7.50. The Kier molecular flexibility index (Phi) is 3.61. The molecule has 0 aliphatic carbocycles. The monoisotopic (exact) mass is 196 g/mol. The van der Waals surface area contributed by atoms with E-state index in [9.17, 15) is 13.9 Å². The third kappa shape index (κ3) is 2.54. The molecule has 1 atom stereocenters. The number of benzene rings is 1. The highest BCUT2D eigenvalue weighted by Gasteiger charge is 2.12. The fourth-order valence-corrected chi connectivity index (χ4v) is 1.15. The predicted molar refractivity (Wildman–Crippen MR) is 49.4 cm³/mol. The number of halogens is 2. The van der Waals surface area contributed by atoms with E-state index < -0.39 is 17.7 Å². The van der Waals surface area contributed by atoms with Crippen LogP contribution in [0.2, 0.25) is 0 Å². The van der Waals surface area contributed by atoms with Crippen LogP contribution < -0.4 is 0 Å². The Morgan fingerprint density at radius 2 is 2.14 bits per heavy atom. The summed E-state index contributed by atoms with van der Waals surface area (Å²) in [7, 11) is 0. The fraction of sp³-hybridized carbons (Fsp3) is 0.273. The van der Waals surface area contributed by atoms with Gasteiger partial charge in [-0.05, 0) is 24.6 Å². The minimum absolute atomic E-state index is 0.0414. The average Bonchev–Trinajstić information content (AvgIpc) is 2.18. The first-order valence-corrected chi connectivity index (χ1v) is 4.21. The maximum absolute atomic E-state index is 13.1. The summed E-state index contributed by atoms with van der Waals surface area (Å²) in [6.07, 6.45) is 4.52. The largest absolute Gasteiger partial charge is 0.388 e. The number of hydrogen-bond donors (Lipinski definition) is 1. The van der Waals surface area contributed by atoms with E-state index in [1.165, 1.54) is 0 Å². The highest BCUT2D eigenvalue weighted by molar-refractivity contribution is 5.21. The van der Waals surface area contributed by atoms with Crippen molar-refractivity contribution in [2.24, 2.45) is 0 Å². The molecule has 0 saturated heterocycles. The first-order chi connectivity index (χ1) is 6.65. The summed E-state index contributed by atoms with van der Waals surface area (Å²) in [6, 6.07) is 2.98. The molecule has 0 spiro atoms. The van der Waals surface area contributed by atoms with Gasteiger partial charge in [-0.2, -0.15) is 0 Å². The SMILES string of the molecule is C#CCC[C@H](O)c1cc(F)ccc1F. The second-order valence-electron chi connectivity index (χ2n) is 2.92. The van der Waals surface area contributed by atoms with Gasteiger partial charge in [0.15, 0.2) is 0 Å². The molecule has 3 heteroatoms. The van der Waals surface area contributed by atoms with Crippen LogP contribution in [0.1, 0.15) is 24.5 Å². The van der Waals surface area contributed by atoms with Gasteiger partial charge >= 0.3 is 0 Å². The van der Waals surface area contributed by atoms with Crippen LogP contribution >= 0.6 is 0 Å². The van der Waals surface area contributed by atoms with Crippen molar-refractivity contribution < 1.29 is 13.9 Å². The lowest BCUT2D eigenvalue weighted by Gasteiger charge is -2.09. The van der Waals surface area contributed by atoms with Crippen LogP contribution in [0.15, 0.2) is 18.2 Å². The molecule has 74 valence electrons. The normalized spacial score (nSPS) is 12.1. The van der Waals surface area contributed by atoms with Gasteiger partial charge in [-0.25, -0.2) is 8.78 Å². The molecule has 0 fully saturated rings. The van der Waals surface area contributed by atoms with E-state index in [1.54, 1.807) is 0 Å². The molecule has 0 amide bonds. The minimum Gasteiger partial charge on any atom is -0.388 e. The van der Waals surface area contributed by atoms with E-state index in [2.05, 4.69) is 5.92 Å². The average molecular weight is 196 g/mol. The molecule has 0 aliphatic rings. The summed E-state index contributed by atoms with van der Waals surface area (Å²) in [6.45, 7) is 0. The van der Waals surface area contributed by atoms with Crippen molar-refractivity contribution in [3.63, 3.8) is 0 Å². The summed E-state index contributed by atoms with van der Waals surface area (Å²) in [5.74, 6) is 1.14. The molecule has 0 radical (unpaired) electrons. The third-order valence-corrected chi connectivity index (χ3v) is 1.88. The van der Waals surface area contributed by atoms with Gasteiger partial charge in [0.05, 0.1) is 6.10 Å². The molecule has 1 N–H and O–H groups in total. The van der Waals surface area contributed by atoms with Crippen molar-refractivity contribution in [1.82, 2.24) is 0 Å². The zero-order valence-corrected chi connectivity index (χ0v) is 7.50. The Balaban J connectivity index is 2.83. The van der Waals surface area contributed by atoms with Gasteiger partial charge < -0.3 is 5.11 Å². The van der Waals surface area contributed by atoms with Crippen LogP contribution in [0.4, 0.5) is 8.78 Å². The molecule has 1 aromatic carbocycles. The first-order valence-electron chi connectivity index (χ1n) is 4.21. The Hall–Kier alpha value is -1.40. The zero-order chi connectivity index (χ0) is 10.6. The van der Waals surface area contributed by atoms with Crippen LogP contribution in [0, 0.1) is 24.0 Å². The maximum Gasteiger partial charge on any atom is 0.129 e. The second-order valence-corrected chi connectivity index (χ2v) is 2.92. The van der Waals surface area contributed by atoms with Gasteiger partial charge in [-0.3, -0.25) is 0 Å². The number of aliphatic hydroxyl groups excluding tert-OH is 1. The molecule has 0 unspecified atom stereocenters. The van der Waals surface area contributed by atoms with Gasteiger partial charge in [-0.1, -0.05) is 0 Å². The van der Waals surface area contributed by atoms with Crippen molar-refractivity contribution in [2.75, 3.05) is 0 Å². The molecular formula is C11H10F2O. The van der Waals surface area contributed by atoms with E-state index in [-0.39, 0.29) is 12.0 Å². The van der Waals surface area contributed by atoms with Gasteiger partial charge in [0.2, 0.25) is 0 Å². The molecule has 14 heavy (non-hydrogen) atoms. The number of terminal acetylenes is 1. The van der Waals surface area contributed by atoms with Gasteiger partial charge in [0, 0.05) is 12.0 Å².